The maximum absolute atomic E-state index is 12.6. The van der Waals surface area contributed by atoms with Crippen molar-refractivity contribution in [2.24, 2.45) is 0 Å². The van der Waals surface area contributed by atoms with Crippen LogP contribution in [-0.2, 0) is 16.4 Å². The first-order chi connectivity index (χ1) is 8.98. The van der Waals surface area contributed by atoms with Crippen LogP contribution >= 0.6 is 0 Å². The molecule has 0 atom stereocenters. The third kappa shape index (κ3) is 2.62. The molecule has 0 radical (unpaired) electrons. The van der Waals surface area contributed by atoms with E-state index in [2.05, 4.69) is 5.32 Å². The van der Waals surface area contributed by atoms with Crippen LogP contribution in [0.25, 0.3) is 0 Å². The summed E-state index contributed by atoms with van der Waals surface area (Å²) in [7, 11) is -1.71. The number of rotatable bonds is 4. The third-order valence-corrected chi connectivity index (χ3v) is 5.55. The standard InChI is InChI=1S/C14H22N2O2S/c1-4-10-16(3)19(17,18)13-8-7-11(2)14-12(13)6-5-9-15-14/h7-8,15H,4-6,9-10H2,1-3H3. The summed E-state index contributed by atoms with van der Waals surface area (Å²) in [5, 5.41) is 3.33. The first-order valence-electron chi connectivity index (χ1n) is 6.81. The Morgan fingerprint density at radius 1 is 1.37 bits per heavy atom. The fraction of sp³-hybridized carbons (Fsp3) is 0.571. The predicted molar refractivity (Wildman–Crippen MR) is 78.1 cm³/mol. The maximum atomic E-state index is 12.6. The number of sulfonamides is 1. The number of benzene rings is 1. The van der Waals surface area contributed by atoms with Gasteiger partial charge in [-0.05, 0) is 43.4 Å². The molecule has 0 bridgehead atoms. The molecule has 19 heavy (non-hydrogen) atoms. The van der Waals surface area contributed by atoms with Gasteiger partial charge < -0.3 is 5.32 Å². The van der Waals surface area contributed by atoms with Crippen LogP contribution in [0, 0.1) is 6.92 Å². The molecule has 0 amide bonds. The second-order valence-electron chi connectivity index (χ2n) is 5.09. The molecule has 1 heterocycles. The van der Waals surface area contributed by atoms with Gasteiger partial charge in [-0.1, -0.05) is 13.0 Å². The maximum Gasteiger partial charge on any atom is 0.243 e. The van der Waals surface area contributed by atoms with Gasteiger partial charge in [-0.3, -0.25) is 0 Å². The van der Waals surface area contributed by atoms with Crippen LogP contribution in [0.3, 0.4) is 0 Å². The Kier molecular flexibility index (Phi) is 4.16. The Morgan fingerprint density at radius 3 is 2.79 bits per heavy atom. The smallest absolute Gasteiger partial charge is 0.243 e. The van der Waals surface area contributed by atoms with E-state index in [4.69, 9.17) is 0 Å². The second-order valence-corrected chi connectivity index (χ2v) is 7.10. The molecular weight excluding hydrogens is 260 g/mol. The van der Waals surface area contributed by atoms with E-state index < -0.39 is 10.0 Å². The van der Waals surface area contributed by atoms with E-state index in [1.54, 1.807) is 13.1 Å². The van der Waals surface area contributed by atoms with Gasteiger partial charge in [0.15, 0.2) is 0 Å². The molecule has 1 aromatic rings. The number of hydrogen-bond acceptors (Lipinski definition) is 3. The highest BCUT2D eigenvalue weighted by Crippen LogP contribution is 2.32. The number of fused-ring (bicyclic) bond motifs is 1. The van der Waals surface area contributed by atoms with Crippen molar-refractivity contribution in [1.29, 1.82) is 0 Å². The van der Waals surface area contributed by atoms with Crippen molar-refractivity contribution >= 4 is 15.7 Å². The summed E-state index contributed by atoms with van der Waals surface area (Å²) < 4.78 is 26.7. The summed E-state index contributed by atoms with van der Waals surface area (Å²) in [6.07, 6.45) is 2.64. The minimum atomic E-state index is -3.37. The predicted octanol–water partition coefficient (Wildman–Crippen LogP) is 2.38. The summed E-state index contributed by atoms with van der Waals surface area (Å²) in [5.41, 5.74) is 3.08. The van der Waals surface area contributed by atoms with Gasteiger partial charge in [0.1, 0.15) is 0 Å². The lowest BCUT2D eigenvalue weighted by atomic mass is 10.00. The fourth-order valence-corrected chi connectivity index (χ4v) is 4.08. The highest BCUT2D eigenvalue weighted by atomic mass is 32.2. The second kappa shape index (κ2) is 5.51. The Morgan fingerprint density at radius 2 is 2.11 bits per heavy atom. The normalized spacial score (nSPS) is 15.2. The van der Waals surface area contributed by atoms with Crippen molar-refractivity contribution in [1.82, 2.24) is 4.31 Å². The topological polar surface area (TPSA) is 49.4 Å². The first-order valence-corrected chi connectivity index (χ1v) is 8.25. The Balaban J connectivity index is 2.51. The van der Waals surface area contributed by atoms with E-state index in [-0.39, 0.29) is 0 Å². The molecule has 1 N–H and O–H groups in total. The van der Waals surface area contributed by atoms with Crippen molar-refractivity contribution in [2.45, 2.75) is 38.0 Å². The van der Waals surface area contributed by atoms with Crippen molar-refractivity contribution < 1.29 is 8.42 Å². The van der Waals surface area contributed by atoms with Crippen LogP contribution < -0.4 is 5.32 Å². The average molecular weight is 282 g/mol. The molecule has 0 fully saturated rings. The molecule has 1 aromatic carbocycles. The molecule has 0 aromatic heterocycles. The molecule has 0 unspecified atom stereocenters. The van der Waals surface area contributed by atoms with Gasteiger partial charge in [0.25, 0.3) is 0 Å². The molecular formula is C14H22N2O2S. The Hall–Kier alpha value is -1.07. The molecule has 1 aliphatic rings. The van der Waals surface area contributed by atoms with Crippen LogP contribution in [0.15, 0.2) is 17.0 Å². The van der Waals surface area contributed by atoms with Gasteiger partial charge in [0.05, 0.1) is 4.90 Å². The number of nitrogens with one attached hydrogen (secondary N) is 1. The number of nitrogens with zero attached hydrogens (tertiary/aromatic N) is 1. The van der Waals surface area contributed by atoms with E-state index in [1.807, 2.05) is 19.9 Å². The average Bonchev–Trinajstić information content (AvgIpc) is 2.39. The van der Waals surface area contributed by atoms with Crippen LogP contribution in [0.5, 0.6) is 0 Å². The molecule has 1 aliphatic heterocycles. The highest BCUT2D eigenvalue weighted by Gasteiger charge is 2.26. The molecule has 0 saturated heterocycles. The molecule has 5 heteroatoms. The molecule has 2 rings (SSSR count). The molecule has 0 aliphatic carbocycles. The Bertz CT molecular complexity index is 567. The van der Waals surface area contributed by atoms with Crippen molar-refractivity contribution in [2.75, 3.05) is 25.5 Å². The van der Waals surface area contributed by atoms with Gasteiger partial charge >= 0.3 is 0 Å². The van der Waals surface area contributed by atoms with Crippen molar-refractivity contribution in [3.63, 3.8) is 0 Å². The minimum Gasteiger partial charge on any atom is -0.385 e. The van der Waals surface area contributed by atoms with Crippen LogP contribution in [0.2, 0.25) is 0 Å². The van der Waals surface area contributed by atoms with E-state index in [0.717, 1.165) is 42.6 Å². The van der Waals surface area contributed by atoms with Crippen LogP contribution in [0.4, 0.5) is 5.69 Å². The first kappa shape index (κ1) is 14.3. The lowest BCUT2D eigenvalue weighted by Crippen LogP contribution is -2.29. The van der Waals surface area contributed by atoms with Gasteiger partial charge in [-0.15, -0.1) is 0 Å². The lowest BCUT2D eigenvalue weighted by Gasteiger charge is -2.25. The van der Waals surface area contributed by atoms with Gasteiger partial charge in [-0.25, -0.2) is 12.7 Å². The lowest BCUT2D eigenvalue weighted by molar-refractivity contribution is 0.467. The molecule has 4 nitrogen and oxygen atoms in total. The molecule has 0 saturated carbocycles. The van der Waals surface area contributed by atoms with E-state index in [1.165, 1.54) is 4.31 Å². The summed E-state index contributed by atoms with van der Waals surface area (Å²) in [6, 6.07) is 3.65. The minimum absolute atomic E-state index is 0.469. The van der Waals surface area contributed by atoms with E-state index >= 15 is 0 Å². The Labute approximate surface area is 115 Å². The zero-order valence-electron chi connectivity index (χ0n) is 11.9. The summed E-state index contributed by atoms with van der Waals surface area (Å²) in [6.45, 7) is 5.47. The van der Waals surface area contributed by atoms with E-state index in [9.17, 15) is 8.42 Å². The van der Waals surface area contributed by atoms with Gasteiger partial charge in [-0.2, -0.15) is 0 Å². The van der Waals surface area contributed by atoms with Crippen molar-refractivity contribution in [3.8, 4) is 0 Å². The third-order valence-electron chi connectivity index (χ3n) is 3.61. The number of hydrogen-bond donors (Lipinski definition) is 1. The summed E-state index contributed by atoms with van der Waals surface area (Å²) in [5.74, 6) is 0. The fourth-order valence-electron chi connectivity index (χ4n) is 2.56. The quantitative estimate of drug-likeness (QED) is 0.922. The SMILES string of the molecule is CCCN(C)S(=O)(=O)c1ccc(C)c2c1CCCN2. The summed E-state index contributed by atoms with van der Waals surface area (Å²) >= 11 is 0. The number of anilines is 1. The van der Waals surface area contributed by atoms with E-state index in [0.29, 0.717) is 11.4 Å². The van der Waals surface area contributed by atoms with Crippen molar-refractivity contribution in [3.05, 3.63) is 23.3 Å². The van der Waals surface area contributed by atoms with Crippen LogP contribution in [-0.4, -0.2) is 32.9 Å². The summed E-state index contributed by atoms with van der Waals surface area (Å²) in [4.78, 5) is 0.469. The molecule has 0 spiro atoms. The number of aryl methyl sites for hydroxylation is 1. The van der Waals surface area contributed by atoms with Gasteiger partial charge in [0.2, 0.25) is 10.0 Å². The largest absolute Gasteiger partial charge is 0.385 e. The zero-order valence-corrected chi connectivity index (χ0v) is 12.7. The monoisotopic (exact) mass is 282 g/mol. The highest BCUT2D eigenvalue weighted by molar-refractivity contribution is 7.89. The zero-order chi connectivity index (χ0) is 14.0. The molecule has 106 valence electrons. The van der Waals surface area contributed by atoms with Crippen LogP contribution in [0.1, 0.15) is 30.9 Å². The van der Waals surface area contributed by atoms with Gasteiger partial charge in [0, 0.05) is 25.8 Å².